The first-order chi connectivity index (χ1) is 9.59. The van der Waals surface area contributed by atoms with E-state index in [2.05, 4.69) is 5.32 Å². The molecular formula is C13H14N2O4S. The molecule has 2 amide bonds. The number of carbonyl (C=O) groups is 3. The van der Waals surface area contributed by atoms with Gasteiger partial charge in [0.25, 0.3) is 0 Å². The molecule has 3 rings (SSSR count). The summed E-state index contributed by atoms with van der Waals surface area (Å²) in [5.41, 5.74) is 0. The molecular weight excluding hydrogens is 280 g/mol. The normalized spacial score (nSPS) is 28.9. The van der Waals surface area contributed by atoms with Gasteiger partial charge in [-0.15, -0.1) is 11.3 Å². The maximum absolute atomic E-state index is 12.4. The topological polar surface area (TPSA) is 86.7 Å². The summed E-state index contributed by atoms with van der Waals surface area (Å²) >= 11 is 1.42. The molecule has 2 aliphatic rings. The number of nitrogens with one attached hydrogen (secondary N) is 1. The predicted octanol–water partition coefficient (Wildman–Crippen LogP) is 0.468. The highest BCUT2D eigenvalue weighted by molar-refractivity contribution is 7.10. The van der Waals surface area contributed by atoms with Crippen molar-refractivity contribution < 1.29 is 19.5 Å². The van der Waals surface area contributed by atoms with E-state index in [0.29, 0.717) is 19.5 Å². The first-order valence-corrected chi connectivity index (χ1v) is 7.32. The highest BCUT2D eigenvalue weighted by atomic mass is 32.1. The van der Waals surface area contributed by atoms with Crippen molar-refractivity contribution in [3.05, 3.63) is 22.4 Å². The summed E-state index contributed by atoms with van der Waals surface area (Å²) in [6.07, 6.45) is 0.378. The van der Waals surface area contributed by atoms with Crippen LogP contribution in [0.2, 0.25) is 0 Å². The summed E-state index contributed by atoms with van der Waals surface area (Å²) in [6, 6.07) is 3.04. The van der Waals surface area contributed by atoms with Crippen molar-refractivity contribution in [3.8, 4) is 0 Å². The van der Waals surface area contributed by atoms with Crippen molar-refractivity contribution in [1.82, 2.24) is 10.2 Å². The smallest absolute Gasteiger partial charge is 0.307 e. The molecule has 0 radical (unpaired) electrons. The molecule has 0 bridgehead atoms. The lowest BCUT2D eigenvalue weighted by molar-refractivity contribution is -0.146. The van der Waals surface area contributed by atoms with Gasteiger partial charge in [-0.25, -0.2) is 0 Å². The Bertz CT molecular complexity index is 557. The van der Waals surface area contributed by atoms with E-state index in [1.807, 2.05) is 17.5 Å². The zero-order valence-electron chi connectivity index (χ0n) is 10.6. The minimum absolute atomic E-state index is 0.195. The van der Waals surface area contributed by atoms with Crippen LogP contribution in [0.5, 0.6) is 0 Å². The summed E-state index contributed by atoms with van der Waals surface area (Å²) in [5.74, 6) is -2.40. The minimum atomic E-state index is -0.933. The molecule has 2 fully saturated rings. The van der Waals surface area contributed by atoms with Crippen molar-refractivity contribution in [2.45, 2.75) is 12.5 Å². The molecule has 6 nitrogen and oxygen atoms in total. The number of nitrogens with zero attached hydrogens (tertiary/aromatic N) is 1. The molecule has 2 N–H and O–H groups in total. The zero-order valence-corrected chi connectivity index (χ0v) is 11.4. The molecule has 1 saturated carbocycles. The van der Waals surface area contributed by atoms with Gasteiger partial charge in [0.15, 0.2) is 0 Å². The second kappa shape index (κ2) is 4.90. The Balaban J connectivity index is 1.81. The Morgan fingerprint density at radius 1 is 1.40 bits per heavy atom. The lowest BCUT2D eigenvalue weighted by atomic mass is 10.1. The maximum Gasteiger partial charge on any atom is 0.307 e. The molecule has 0 unspecified atom stereocenters. The van der Waals surface area contributed by atoms with Crippen molar-refractivity contribution in [3.63, 3.8) is 0 Å². The van der Waals surface area contributed by atoms with Gasteiger partial charge >= 0.3 is 5.97 Å². The molecule has 106 valence electrons. The van der Waals surface area contributed by atoms with Crippen LogP contribution >= 0.6 is 11.3 Å². The molecule has 3 atom stereocenters. The Hall–Kier alpha value is -1.89. The number of carboxylic acids is 1. The quantitative estimate of drug-likeness (QED) is 0.848. The summed E-state index contributed by atoms with van der Waals surface area (Å²) < 4.78 is 0. The van der Waals surface area contributed by atoms with Crippen LogP contribution in [-0.2, 0) is 14.4 Å². The fourth-order valence-electron chi connectivity index (χ4n) is 2.59. The largest absolute Gasteiger partial charge is 0.481 e. The lowest BCUT2D eigenvalue weighted by Gasteiger charge is -2.34. The highest BCUT2D eigenvalue weighted by Crippen LogP contribution is 2.42. The summed E-state index contributed by atoms with van der Waals surface area (Å²) in [5, 5.41) is 13.5. The van der Waals surface area contributed by atoms with Crippen molar-refractivity contribution in [1.29, 1.82) is 0 Å². The highest BCUT2D eigenvalue weighted by Gasteiger charge is 2.51. The molecule has 0 aromatic carbocycles. The monoisotopic (exact) mass is 294 g/mol. The van der Waals surface area contributed by atoms with Gasteiger partial charge in [-0.3, -0.25) is 14.4 Å². The van der Waals surface area contributed by atoms with E-state index in [4.69, 9.17) is 5.11 Å². The third-order valence-electron chi connectivity index (χ3n) is 3.73. The molecule has 0 spiro atoms. The van der Waals surface area contributed by atoms with Gasteiger partial charge in [-0.2, -0.15) is 0 Å². The van der Waals surface area contributed by atoms with E-state index in [-0.39, 0.29) is 11.8 Å². The lowest BCUT2D eigenvalue weighted by Crippen LogP contribution is -2.52. The van der Waals surface area contributed by atoms with E-state index >= 15 is 0 Å². The third-order valence-corrected chi connectivity index (χ3v) is 4.66. The molecule has 20 heavy (non-hydrogen) atoms. The molecule has 7 heteroatoms. The Labute approximate surface area is 119 Å². The van der Waals surface area contributed by atoms with Gasteiger partial charge in [0.1, 0.15) is 6.04 Å². The van der Waals surface area contributed by atoms with Crippen molar-refractivity contribution in [2.24, 2.45) is 11.8 Å². The van der Waals surface area contributed by atoms with E-state index in [0.717, 1.165) is 4.88 Å². The average molecular weight is 294 g/mol. The van der Waals surface area contributed by atoms with E-state index in [1.165, 1.54) is 16.2 Å². The first kappa shape index (κ1) is 13.1. The predicted molar refractivity (Wildman–Crippen MR) is 71.0 cm³/mol. The van der Waals surface area contributed by atoms with Crippen LogP contribution in [0.3, 0.4) is 0 Å². The molecule has 1 aromatic heterocycles. The number of rotatable bonds is 3. The first-order valence-electron chi connectivity index (χ1n) is 6.44. The van der Waals surface area contributed by atoms with Crippen LogP contribution in [0.4, 0.5) is 0 Å². The number of aliphatic carboxylic acids is 1. The number of hydrogen-bond donors (Lipinski definition) is 2. The van der Waals surface area contributed by atoms with Gasteiger partial charge in [0.2, 0.25) is 11.8 Å². The van der Waals surface area contributed by atoms with Gasteiger partial charge in [-0.05, 0) is 17.9 Å². The second-order valence-corrected chi connectivity index (χ2v) is 6.01. The van der Waals surface area contributed by atoms with Crippen LogP contribution in [0, 0.1) is 11.8 Å². The minimum Gasteiger partial charge on any atom is -0.481 e. The average Bonchev–Trinajstić information content (AvgIpc) is 3.06. The number of piperazine rings is 1. The second-order valence-electron chi connectivity index (χ2n) is 5.03. The number of carboxylic acid groups (broad SMARTS) is 1. The van der Waals surface area contributed by atoms with Gasteiger partial charge in [0.05, 0.1) is 11.8 Å². The van der Waals surface area contributed by atoms with E-state index in [9.17, 15) is 14.4 Å². The van der Waals surface area contributed by atoms with Gasteiger partial charge < -0.3 is 15.3 Å². The third kappa shape index (κ3) is 2.18. The van der Waals surface area contributed by atoms with Gasteiger partial charge in [0, 0.05) is 18.0 Å². The van der Waals surface area contributed by atoms with Crippen LogP contribution in [0.15, 0.2) is 17.5 Å². The zero-order chi connectivity index (χ0) is 14.3. The number of hydrogen-bond acceptors (Lipinski definition) is 4. The fraction of sp³-hybridized carbons (Fsp3) is 0.462. The fourth-order valence-corrected chi connectivity index (χ4v) is 3.42. The van der Waals surface area contributed by atoms with Crippen LogP contribution in [0.25, 0.3) is 0 Å². The SMILES string of the molecule is O=C1NCCN(C(=O)[C@@H]2C[C@H]2C(=O)O)[C@H]1c1cccs1. The Kier molecular flexibility index (Phi) is 3.21. The van der Waals surface area contributed by atoms with Crippen LogP contribution in [0.1, 0.15) is 17.3 Å². The molecule has 1 aliphatic heterocycles. The number of carbonyl (C=O) groups excluding carboxylic acids is 2. The Morgan fingerprint density at radius 3 is 2.80 bits per heavy atom. The summed E-state index contributed by atoms with van der Waals surface area (Å²) in [6.45, 7) is 0.840. The summed E-state index contributed by atoms with van der Waals surface area (Å²) in [7, 11) is 0. The molecule has 1 aromatic rings. The maximum atomic E-state index is 12.4. The molecule has 2 heterocycles. The van der Waals surface area contributed by atoms with Crippen molar-refractivity contribution >= 4 is 29.1 Å². The Morgan fingerprint density at radius 2 is 2.20 bits per heavy atom. The van der Waals surface area contributed by atoms with Crippen molar-refractivity contribution in [2.75, 3.05) is 13.1 Å². The molecule has 1 aliphatic carbocycles. The summed E-state index contributed by atoms with van der Waals surface area (Å²) in [4.78, 5) is 37.7. The van der Waals surface area contributed by atoms with Crippen LogP contribution < -0.4 is 5.32 Å². The van der Waals surface area contributed by atoms with Crippen LogP contribution in [-0.4, -0.2) is 40.9 Å². The van der Waals surface area contributed by atoms with E-state index in [1.54, 1.807) is 0 Å². The number of thiophene rings is 1. The van der Waals surface area contributed by atoms with E-state index < -0.39 is 23.8 Å². The van der Waals surface area contributed by atoms with Gasteiger partial charge in [-0.1, -0.05) is 6.07 Å². The number of amides is 2. The standard InChI is InChI=1S/C13H14N2O4S/c16-11-10(9-2-1-5-20-9)15(4-3-14-11)12(17)7-6-8(7)13(18)19/h1-2,5,7-8,10H,3-4,6H2,(H,14,16)(H,18,19)/t7-,8-,10+/m1/s1. The molecule has 1 saturated heterocycles.